The van der Waals surface area contributed by atoms with Crippen molar-refractivity contribution in [1.82, 2.24) is 41.0 Å². The molecule has 6 rings (SSSR count). The standard InChI is InChI=1S/C32H37N9O5/c42-28-18-41(32(45)29-22-19-46-15-10-24(22)39-40-29)14-4-3-11-35-30(43)26(16-20-17-36-23-7-2-1-6-21(20)23)38-31(44)25-8-5-9-27(37-25)33-12-13-34-28/h1-2,5-9,17,26,36H,3-4,10-16,18-19H2,(H,33,37)(H,34,42)(H,35,43)(H,38,44)(H,39,40)/t26-/m0/s1. The monoisotopic (exact) mass is 627 g/mol. The number of hydrogen-bond acceptors (Lipinski definition) is 8. The average molecular weight is 628 g/mol. The fourth-order valence-electron chi connectivity index (χ4n) is 5.70. The lowest BCUT2D eigenvalue weighted by atomic mass is 10.0. The molecule has 0 fully saturated rings. The number of benzene rings is 1. The number of nitrogens with one attached hydrogen (secondary N) is 6. The Labute approximate surface area is 265 Å². The zero-order valence-electron chi connectivity index (χ0n) is 25.4. The molecule has 2 bridgehead atoms. The Morgan fingerprint density at radius 3 is 2.76 bits per heavy atom. The summed E-state index contributed by atoms with van der Waals surface area (Å²) in [5.74, 6) is -1.03. The van der Waals surface area contributed by atoms with Gasteiger partial charge in [0.25, 0.3) is 11.8 Å². The summed E-state index contributed by atoms with van der Waals surface area (Å²) in [6.07, 6.45) is 3.83. The average Bonchev–Trinajstić information content (AvgIpc) is 3.69. The molecule has 0 saturated heterocycles. The van der Waals surface area contributed by atoms with E-state index in [1.807, 2.05) is 30.5 Å². The second kappa shape index (κ2) is 14.2. The van der Waals surface area contributed by atoms with Gasteiger partial charge in [0, 0.05) is 67.4 Å². The van der Waals surface area contributed by atoms with Crippen LogP contribution in [0.3, 0.4) is 0 Å². The first-order chi connectivity index (χ1) is 22.5. The van der Waals surface area contributed by atoms with Crippen LogP contribution in [0.5, 0.6) is 0 Å². The molecule has 3 aromatic heterocycles. The van der Waals surface area contributed by atoms with Crippen LogP contribution in [-0.2, 0) is 33.8 Å². The Bertz CT molecular complexity index is 1730. The first-order valence-corrected chi connectivity index (χ1v) is 15.5. The third-order valence-electron chi connectivity index (χ3n) is 8.13. The summed E-state index contributed by atoms with van der Waals surface area (Å²) >= 11 is 0. The van der Waals surface area contributed by atoms with Crippen molar-refractivity contribution in [2.24, 2.45) is 0 Å². The highest BCUT2D eigenvalue weighted by molar-refractivity contribution is 5.97. The molecule has 0 radical (unpaired) electrons. The highest BCUT2D eigenvalue weighted by atomic mass is 16.5. The molecule has 2 aliphatic rings. The van der Waals surface area contributed by atoms with Gasteiger partial charge in [0.1, 0.15) is 17.6 Å². The summed E-state index contributed by atoms with van der Waals surface area (Å²) in [6.45, 7) is 1.91. The van der Waals surface area contributed by atoms with Crippen molar-refractivity contribution in [1.29, 1.82) is 0 Å². The van der Waals surface area contributed by atoms with Crippen LogP contribution in [0.25, 0.3) is 10.9 Å². The fraction of sp³-hybridized carbons (Fsp3) is 0.375. The van der Waals surface area contributed by atoms with Crippen molar-refractivity contribution < 1.29 is 23.9 Å². The van der Waals surface area contributed by atoms with Crippen LogP contribution in [0.2, 0.25) is 0 Å². The van der Waals surface area contributed by atoms with Gasteiger partial charge in [0.2, 0.25) is 11.8 Å². The van der Waals surface area contributed by atoms with Crippen LogP contribution < -0.4 is 21.3 Å². The summed E-state index contributed by atoms with van der Waals surface area (Å²) in [6, 6.07) is 11.9. The molecule has 1 aromatic carbocycles. The number of carbonyl (C=O) groups excluding carboxylic acids is 4. The van der Waals surface area contributed by atoms with Crippen molar-refractivity contribution in [3.05, 3.63) is 76.9 Å². The van der Waals surface area contributed by atoms with Crippen LogP contribution in [0.4, 0.5) is 5.82 Å². The summed E-state index contributed by atoms with van der Waals surface area (Å²) < 4.78 is 5.55. The van der Waals surface area contributed by atoms with Gasteiger partial charge < -0.3 is 35.9 Å². The van der Waals surface area contributed by atoms with Crippen LogP contribution in [0.1, 0.15) is 50.6 Å². The number of para-hydroxylation sites is 1. The minimum atomic E-state index is -0.861. The van der Waals surface area contributed by atoms with E-state index < -0.39 is 11.9 Å². The molecule has 14 heteroatoms. The summed E-state index contributed by atoms with van der Waals surface area (Å²) in [4.78, 5) is 62.4. The zero-order valence-corrected chi connectivity index (χ0v) is 25.4. The highest BCUT2D eigenvalue weighted by Gasteiger charge is 2.28. The fourth-order valence-corrected chi connectivity index (χ4v) is 5.70. The van der Waals surface area contributed by atoms with E-state index in [-0.39, 0.29) is 61.8 Å². The first-order valence-electron chi connectivity index (χ1n) is 15.5. The predicted octanol–water partition coefficient (Wildman–Crippen LogP) is 1.28. The molecule has 0 saturated carbocycles. The largest absolute Gasteiger partial charge is 0.376 e. The number of rotatable bonds is 3. The SMILES string of the molecule is O=C1CN(C(=O)c2n[nH]c3c2COCC3)CCCCNC(=O)[C@H](Cc2c[nH]c3ccccc23)NC(=O)c2cccc(n2)NCCN1. The Kier molecular flexibility index (Phi) is 9.53. The lowest BCUT2D eigenvalue weighted by Crippen LogP contribution is -2.48. The molecule has 240 valence electrons. The molecule has 5 heterocycles. The van der Waals surface area contributed by atoms with E-state index in [9.17, 15) is 19.2 Å². The molecule has 0 spiro atoms. The van der Waals surface area contributed by atoms with E-state index in [2.05, 4.69) is 41.4 Å². The molecule has 14 nitrogen and oxygen atoms in total. The maximum atomic E-state index is 13.6. The number of aromatic nitrogens is 4. The smallest absolute Gasteiger partial charge is 0.275 e. The van der Waals surface area contributed by atoms with Crippen molar-refractivity contribution >= 4 is 40.3 Å². The molecule has 4 amide bonds. The van der Waals surface area contributed by atoms with Crippen molar-refractivity contribution in [2.75, 3.05) is 44.6 Å². The Balaban J connectivity index is 1.19. The third kappa shape index (κ3) is 7.18. The predicted molar refractivity (Wildman–Crippen MR) is 169 cm³/mol. The normalized spacial score (nSPS) is 18.7. The quantitative estimate of drug-likeness (QED) is 0.196. The van der Waals surface area contributed by atoms with E-state index in [1.165, 1.54) is 4.90 Å². The number of hydrogen-bond donors (Lipinski definition) is 6. The summed E-state index contributed by atoms with van der Waals surface area (Å²) in [7, 11) is 0. The van der Waals surface area contributed by atoms with Crippen molar-refractivity contribution in [3.63, 3.8) is 0 Å². The Morgan fingerprint density at radius 1 is 0.978 bits per heavy atom. The van der Waals surface area contributed by atoms with Gasteiger partial charge in [-0.2, -0.15) is 5.10 Å². The van der Waals surface area contributed by atoms with E-state index in [0.717, 1.165) is 27.7 Å². The molecule has 0 unspecified atom stereocenters. The number of amides is 4. The number of carbonyl (C=O) groups is 4. The van der Waals surface area contributed by atoms with Crippen LogP contribution >= 0.6 is 0 Å². The van der Waals surface area contributed by atoms with Gasteiger partial charge >= 0.3 is 0 Å². The van der Waals surface area contributed by atoms with Gasteiger partial charge in [0.15, 0.2) is 5.69 Å². The lowest BCUT2D eigenvalue weighted by Gasteiger charge is -2.23. The topological polar surface area (TPSA) is 186 Å². The molecular weight excluding hydrogens is 590 g/mol. The maximum Gasteiger partial charge on any atom is 0.275 e. The number of ether oxygens (including phenoxy) is 1. The Morgan fingerprint density at radius 2 is 1.85 bits per heavy atom. The van der Waals surface area contributed by atoms with Gasteiger partial charge in [-0.05, 0) is 36.6 Å². The first kappa shape index (κ1) is 30.8. The van der Waals surface area contributed by atoms with Gasteiger partial charge in [-0.3, -0.25) is 24.3 Å². The molecule has 4 aromatic rings. The molecule has 46 heavy (non-hydrogen) atoms. The molecule has 2 aliphatic heterocycles. The second-order valence-corrected chi connectivity index (χ2v) is 11.3. The number of fused-ring (bicyclic) bond motifs is 4. The van der Waals surface area contributed by atoms with Gasteiger partial charge in [-0.25, -0.2) is 4.98 Å². The molecule has 6 N–H and O–H groups in total. The lowest BCUT2D eigenvalue weighted by molar-refractivity contribution is -0.123. The summed E-state index contributed by atoms with van der Waals surface area (Å²) in [5, 5.41) is 19.9. The van der Waals surface area contributed by atoms with Gasteiger partial charge in [0.05, 0.1) is 19.8 Å². The van der Waals surface area contributed by atoms with Crippen molar-refractivity contribution in [2.45, 2.75) is 38.3 Å². The third-order valence-corrected chi connectivity index (χ3v) is 8.13. The van der Waals surface area contributed by atoms with Crippen LogP contribution in [0, 0.1) is 0 Å². The van der Waals surface area contributed by atoms with E-state index in [1.54, 1.807) is 18.2 Å². The maximum absolute atomic E-state index is 13.6. The number of anilines is 1. The molecule has 0 aliphatic carbocycles. The number of aromatic amines is 2. The summed E-state index contributed by atoms with van der Waals surface area (Å²) in [5.41, 5.74) is 3.85. The number of H-pyrrole nitrogens is 2. The Hall–Kier alpha value is -5.24. The van der Waals surface area contributed by atoms with Gasteiger partial charge in [-0.15, -0.1) is 0 Å². The van der Waals surface area contributed by atoms with Crippen LogP contribution in [-0.4, -0.2) is 94.1 Å². The van der Waals surface area contributed by atoms with E-state index in [0.29, 0.717) is 44.8 Å². The molecule has 1 atom stereocenters. The van der Waals surface area contributed by atoms with Crippen molar-refractivity contribution in [3.8, 4) is 0 Å². The number of pyridine rings is 1. The molecular formula is C32H37N9O5. The van der Waals surface area contributed by atoms with E-state index in [4.69, 9.17) is 4.74 Å². The number of nitrogens with zero attached hydrogens (tertiary/aromatic N) is 3. The minimum Gasteiger partial charge on any atom is -0.376 e. The second-order valence-electron chi connectivity index (χ2n) is 11.3. The minimum absolute atomic E-state index is 0.146. The van der Waals surface area contributed by atoms with E-state index >= 15 is 0 Å². The van der Waals surface area contributed by atoms with Gasteiger partial charge in [-0.1, -0.05) is 24.3 Å². The zero-order chi connectivity index (χ0) is 31.9. The van der Waals surface area contributed by atoms with Crippen LogP contribution in [0.15, 0.2) is 48.7 Å². The highest BCUT2D eigenvalue weighted by Crippen LogP contribution is 2.21.